The summed E-state index contributed by atoms with van der Waals surface area (Å²) in [5.41, 5.74) is 0.778. The van der Waals surface area contributed by atoms with Gasteiger partial charge in [-0.3, -0.25) is 0 Å². The minimum Gasteiger partial charge on any atom is -0.303 e. The maximum Gasteiger partial charge on any atom is 0.123 e. The van der Waals surface area contributed by atoms with E-state index in [0.717, 1.165) is 18.3 Å². The average Bonchev–Trinajstić information content (AvgIpc) is 2.26. The summed E-state index contributed by atoms with van der Waals surface area (Å²) in [6.45, 7) is 1.99. The topological polar surface area (TPSA) is 17.1 Å². The third-order valence-electron chi connectivity index (χ3n) is 2.14. The fourth-order valence-corrected chi connectivity index (χ4v) is 1.16. The first kappa shape index (κ1) is 11.5. The molecule has 0 fully saturated rings. The van der Waals surface area contributed by atoms with Crippen LogP contribution in [-0.2, 0) is 4.79 Å². The molecule has 1 rings (SSSR count). The highest BCUT2D eigenvalue weighted by Gasteiger charge is 1.99. The van der Waals surface area contributed by atoms with Gasteiger partial charge in [0.2, 0.25) is 0 Å². The predicted octanol–water partition coefficient (Wildman–Crippen LogP) is 2.79. The zero-order valence-electron chi connectivity index (χ0n) is 8.66. The van der Waals surface area contributed by atoms with Crippen LogP contribution in [0, 0.1) is 23.6 Å². The Hall–Kier alpha value is -1.62. The largest absolute Gasteiger partial charge is 0.303 e. The van der Waals surface area contributed by atoms with Gasteiger partial charge in [0.1, 0.15) is 12.1 Å². The Balaban J connectivity index is 2.70. The molecule has 1 nitrogen and oxygen atoms in total. The molecule has 0 N–H and O–H groups in total. The van der Waals surface area contributed by atoms with Gasteiger partial charge in [0, 0.05) is 17.9 Å². The maximum atomic E-state index is 12.6. The third-order valence-corrected chi connectivity index (χ3v) is 2.14. The fourth-order valence-electron chi connectivity index (χ4n) is 1.16. The van der Waals surface area contributed by atoms with E-state index in [2.05, 4.69) is 11.8 Å². The molecule has 0 aliphatic heterocycles. The molecule has 15 heavy (non-hydrogen) atoms. The van der Waals surface area contributed by atoms with Gasteiger partial charge in [-0.25, -0.2) is 4.39 Å². The molecule has 0 saturated heterocycles. The zero-order chi connectivity index (χ0) is 11.1. The van der Waals surface area contributed by atoms with Crippen molar-refractivity contribution in [2.75, 3.05) is 0 Å². The Morgan fingerprint density at radius 3 is 2.60 bits per heavy atom. The molecule has 78 valence electrons. The highest BCUT2D eigenvalue weighted by atomic mass is 19.1. The second kappa shape index (κ2) is 5.98. The first-order valence-electron chi connectivity index (χ1n) is 4.97. The van der Waals surface area contributed by atoms with Crippen LogP contribution in [0.25, 0.3) is 0 Å². The van der Waals surface area contributed by atoms with Gasteiger partial charge < -0.3 is 4.79 Å². The van der Waals surface area contributed by atoms with E-state index in [1.807, 2.05) is 6.92 Å². The van der Waals surface area contributed by atoms with Crippen molar-refractivity contribution in [3.05, 3.63) is 35.6 Å². The number of benzene rings is 1. The molecule has 0 spiro atoms. The van der Waals surface area contributed by atoms with Crippen LogP contribution in [0.3, 0.4) is 0 Å². The standard InChI is InChI=1S/C13H13FO/c1-2-11(9-10-15)3-4-12-5-7-13(14)8-6-12/h5-8,10-11H,2,9H2,1H3/t11-/m0/s1. The van der Waals surface area contributed by atoms with Crippen LogP contribution >= 0.6 is 0 Å². The average molecular weight is 204 g/mol. The smallest absolute Gasteiger partial charge is 0.123 e. The van der Waals surface area contributed by atoms with Gasteiger partial charge >= 0.3 is 0 Å². The Bertz CT molecular complexity index is 370. The summed E-state index contributed by atoms with van der Waals surface area (Å²) in [5, 5.41) is 0. The lowest BCUT2D eigenvalue weighted by molar-refractivity contribution is -0.108. The van der Waals surface area contributed by atoms with Crippen LogP contribution in [0.1, 0.15) is 25.3 Å². The summed E-state index contributed by atoms with van der Waals surface area (Å²) < 4.78 is 12.6. The van der Waals surface area contributed by atoms with Gasteiger partial charge in [-0.05, 0) is 30.7 Å². The molecule has 0 radical (unpaired) electrons. The quantitative estimate of drug-likeness (QED) is 0.546. The molecule has 0 aliphatic rings. The molecule has 0 aromatic heterocycles. The number of halogens is 1. The van der Waals surface area contributed by atoms with Crippen LogP contribution in [0.15, 0.2) is 24.3 Å². The Kier molecular flexibility index (Phi) is 4.56. The molecule has 1 atom stereocenters. The summed E-state index contributed by atoms with van der Waals surface area (Å²) in [5.74, 6) is 5.78. The van der Waals surface area contributed by atoms with E-state index in [-0.39, 0.29) is 11.7 Å². The second-order valence-corrected chi connectivity index (χ2v) is 3.28. The van der Waals surface area contributed by atoms with Crippen molar-refractivity contribution in [3.63, 3.8) is 0 Å². The number of carbonyl (C=O) groups is 1. The third kappa shape index (κ3) is 3.95. The Morgan fingerprint density at radius 2 is 2.07 bits per heavy atom. The van der Waals surface area contributed by atoms with E-state index in [1.165, 1.54) is 12.1 Å². The van der Waals surface area contributed by atoms with E-state index in [4.69, 9.17) is 0 Å². The number of hydrogen-bond donors (Lipinski definition) is 0. The summed E-state index contributed by atoms with van der Waals surface area (Å²) >= 11 is 0. The fraction of sp³-hybridized carbons (Fsp3) is 0.308. The summed E-state index contributed by atoms with van der Waals surface area (Å²) in [6.07, 6.45) is 2.20. The molecule has 1 aromatic carbocycles. The molecule has 0 aliphatic carbocycles. The first-order valence-corrected chi connectivity index (χ1v) is 4.97. The van der Waals surface area contributed by atoms with Gasteiger partial charge in [-0.2, -0.15) is 0 Å². The van der Waals surface area contributed by atoms with E-state index >= 15 is 0 Å². The Labute approximate surface area is 89.3 Å². The van der Waals surface area contributed by atoms with Crippen molar-refractivity contribution in [1.29, 1.82) is 0 Å². The molecule has 0 saturated carbocycles. The van der Waals surface area contributed by atoms with Gasteiger partial charge in [-0.1, -0.05) is 18.8 Å². The van der Waals surface area contributed by atoms with Crippen LogP contribution in [0.5, 0.6) is 0 Å². The number of rotatable bonds is 3. The molecule has 0 bridgehead atoms. The van der Waals surface area contributed by atoms with Crippen molar-refractivity contribution < 1.29 is 9.18 Å². The SMILES string of the molecule is CC[C@@H](C#Cc1ccc(F)cc1)CC=O. The van der Waals surface area contributed by atoms with Crippen molar-refractivity contribution in [2.45, 2.75) is 19.8 Å². The Morgan fingerprint density at radius 1 is 1.40 bits per heavy atom. The predicted molar refractivity (Wildman–Crippen MR) is 57.7 cm³/mol. The molecule has 0 amide bonds. The maximum absolute atomic E-state index is 12.6. The van der Waals surface area contributed by atoms with Crippen molar-refractivity contribution in [2.24, 2.45) is 5.92 Å². The monoisotopic (exact) mass is 204 g/mol. The number of hydrogen-bond acceptors (Lipinski definition) is 1. The normalized spacial score (nSPS) is 11.3. The molecule has 0 unspecified atom stereocenters. The first-order chi connectivity index (χ1) is 7.26. The highest BCUT2D eigenvalue weighted by Crippen LogP contribution is 2.06. The van der Waals surface area contributed by atoms with Crippen LogP contribution in [-0.4, -0.2) is 6.29 Å². The van der Waals surface area contributed by atoms with Gasteiger partial charge in [0.25, 0.3) is 0 Å². The minimum atomic E-state index is -0.263. The highest BCUT2D eigenvalue weighted by molar-refractivity contribution is 5.51. The van der Waals surface area contributed by atoms with Crippen LogP contribution in [0.4, 0.5) is 4.39 Å². The zero-order valence-corrected chi connectivity index (χ0v) is 8.66. The minimum absolute atomic E-state index is 0.104. The number of aldehydes is 1. The van der Waals surface area contributed by atoms with E-state index in [9.17, 15) is 9.18 Å². The molecular weight excluding hydrogens is 191 g/mol. The van der Waals surface area contributed by atoms with Gasteiger partial charge in [0.05, 0.1) is 0 Å². The lowest BCUT2D eigenvalue weighted by atomic mass is 10.0. The van der Waals surface area contributed by atoms with E-state index < -0.39 is 0 Å². The summed E-state index contributed by atoms with van der Waals surface area (Å²) in [6, 6.07) is 6.03. The van der Waals surface area contributed by atoms with Crippen molar-refractivity contribution in [1.82, 2.24) is 0 Å². The molecular formula is C13H13FO. The summed E-state index contributed by atoms with van der Waals surface area (Å²) in [4.78, 5) is 10.3. The van der Waals surface area contributed by atoms with Crippen molar-refractivity contribution in [3.8, 4) is 11.8 Å². The van der Waals surface area contributed by atoms with Crippen LogP contribution < -0.4 is 0 Å². The number of carbonyl (C=O) groups excluding carboxylic acids is 1. The van der Waals surface area contributed by atoms with E-state index in [1.54, 1.807) is 12.1 Å². The lowest BCUT2D eigenvalue weighted by Gasteiger charge is -1.99. The molecule has 2 heteroatoms. The lowest BCUT2D eigenvalue weighted by Crippen LogP contribution is -1.95. The molecule has 1 aromatic rings. The van der Waals surface area contributed by atoms with Crippen molar-refractivity contribution >= 4 is 6.29 Å². The van der Waals surface area contributed by atoms with Gasteiger partial charge in [-0.15, -0.1) is 0 Å². The van der Waals surface area contributed by atoms with E-state index in [0.29, 0.717) is 6.42 Å². The van der Waals surface area contributed by atoms with Gasteiger partial charge in [0.15, 0.2) is 0 Å². The molecule has 0 heterocycles. The van der Waals surface area contributed by atoms with Crippen LogP contribution in [0.2, 0.25) is 0 Å². The second-order valence-electron chi connectivity index (χ2n) is 3.28. The summed E-state index contributed by atoms with van der Waals surface area (Å²) in [7, 11) is 0.